The van der Waals surface area contributed by atoms with Crippen molar-refractivity contribution in [2.75, 3.05) is 19.8 Å². The zero-order chi connectivity index (χ0) is 38.0. The quantitative estimate of drug-likeness (QED) is 0.0311. The molecule has 5 rings (SSSR count). The van der Waals surface area contributed by atoms with Crippen molar-refractivity contribution in [3.63, 3.8) is 0 Å². The van der Waals surface area contributed by atoms with E-state index in [4.69, 9.17) is 14.6 Å². The molecule has 5 aromatic rings. The Bertz CT molecular complexity index is 2050. The average molecular weight is 740 g/mol. The minimum Gasteiger partial charge on any atom is -0.487 e. The second-order valence-corrected chi connectivity index (χ2v) is 16.6. The molecule has 0 atom stereocenters. The third-order valence-electron chi connectivity index (χ3n) is 8.39. The van der Waals surface area contributed by atoms with Crippen LogP contribution in [0.15, 0.2) is 88.9 Å². The second-order valence-electron chi connectivity index (χ2n) is 14.8. The number of ether oxygens (including phenoxy) is 1. The number of benzene rings is 3. The third-order valence-corrected chi connectivity index (χ3v) is 9.66. The standard InChI is InChI=1S/C41H49N5O6S/c1-29-13-15-30(16-14-29)25-45-36-20-19-33(50-26-32-18-17-31-11-7-8-12-35(31)44-32)23-34(36)39(53-40(2,3)4)37(45)24-41(5,6)28-43-51-27-38(47)42-21-9-10-22-52-46(48)49/h7-8,11-20,23,28H,9-10,21-22,24-27H2,1-6H3,(H,42,47)/b43-28+. The number of aryl methyl sites for hydroxylation is 1. The Morgan fingerprint density at radius 2 is 1.79 bits per heavy atom. The van der Waals surface area contributed by atoms with Gasteiger partial charge in [0.1, 0.15) is 12.4 Å². The van der Waals surface area contributed by atoms with Gasteiger partial charge >= 0.3 is 0 Å². The Balaban J connectivity index is 1.38. The Hall–Kier alpha value is -5.10. The lowest BCUT2D eigenvalue weighted by Gasteiger charge is -2.24. The lowest BCUT2D eigenvalue weighted by molar-refractivity contribution is -0.757. The number of carbonyl (C=O) groups is 1. The van der Waals surface area contributed by atoms with Gasteiger partial charge in [0, 0.05) is 56.3 Å². The Labute approximate surface area is 315 Å². The topological polar surface area (TPSA) is 130 Å². The van der Waals surface area contributed by atoms with Gasteiger partial charge in [-0.3, -0.25) is 4.79 Å². The van der Waals surface area contributed by atoms with Gasteiger partial charge in [0.25, 0.3) is 11.0 Å². The SMILES string of the molecule is Cc1ccc(Cn2c(CC(C)(C)/C=N/OCC(=O)NCCCCO[N+](=O)[O-])c(SC(C)(C)C)c3cc(OCc4ccc5ccccc5n4)ccc32)cc1. The molecule has 280 valence electrons. The van der Waals surface area contributed by atoms with Crippen LogP contribution in [0.2, 0.25) is 0 Å². The number of para-hydroxylation sites is 1. The molecule has 12 heteroatoms. The number of carbonyl (C=O) groups excluding carboxylic acids is 1. The predicted molar refractivity (Wildman–Crippen MR) is 211 cm³/mol. The van der Waals surface area contributed by atoms with E-state index < -0.39 is 10.5 Å². The van der Waals surface area contributed by atoms with Gasteiger partial charge in [0.05, 0.1) is 17.8 Å². The highest BCUT2D eigenvalue weighted by Gasteiger charge is 2.28. The molecule has 0 fully saturated rings. The highest BCUT2D eigenvalue weighted by atomic mass is 32.2. The summed E-state index contributed by atoms with van der Waals surface area (Å²) in [4.78, 5) is 38.2. The molecular formula is C41H49N5O6S. The number of thioether (sulfide) groups is 1. The minimum absolute atomic E-state index is 0.00256. The van der Waals surface area contributed by atoms with Crippen LogP contribution in [0.3, 0.4) is 0 Å². The zero-order valence-corrected chi connectivity index (χ0v) is 32.2. The van der Waals surface area contributed by atoms with Crippen LogP contribution in [-0.4, -0.2) is 51.3 Å². The van der Waals surface area contributed by atoms with E-state index in [2.05, 4.69) is 110 Å². The number of aromatic nitrogens is 2. The first-order valence-electron chi connectivity index (χ1n) is 17.8. The first-order valence-corrected chi connectivity index (χ1v) is 18.7. The van der Waals surface area contributed by atoms with Gasteiger partial charge in [-0.25, -0.2) is 4.98 Å². The first kappa shape index (κ1) is 39.1. The summed E-state index contributed by atoms with van der Waals surface area (Å²) in [6, 6.07) is 27.2. The molecule has 0 aliphatic rings. The van der Waals surface area contributed by atoms with Gasteiger partial charge in [-0.1, -0.05) is 93.9 Å². The summed E-state index contributed by atoms with van der Waals surface area (Å²) in [5, 5.41) is 18.6. The molecule has 1 N–H and O–H groups in total. The Morgan fingerprint density at radius 1 is 1.02 bits per heavy atom. The van der Waals surface area contributed by atoms with Gasteiger partial charge in [0.15, 0.2) is 6.61 Å². The number of pyridine rings is 1. The maximum absolute atomic E-state index is 12.3. The molecule has 0 saturated heterocycles. The van der Waals surface area contributed by atoms with Gasteiger partial charge in [-0.15, -0.1) is 21.9 Å². The summed E-state index contributed by atoms with van der Waals surface area (Å²) in [6.07, 6.45) is 3.44. The highest BCUT2D eigenvalue weighted by Crippen LogP contribution is 2.44. The van der Waals surface area contributed by atoms with Gasteiger partial charge < -0.3 is 24.3 Å². The van der Waals surface area contributed by atoms with Crippen molar-refractivity contribution in [3.05, 3.63) is 111 Å². The zero-order valence-electron chi connectivity index (χ0n) is 31.4. The fourth-order valence-corrected chi connectivity index (χ4v) is 7.03. The van der Waals surface area contributed by atoms with Gasteiger partial charge in [0.2, 0.25) is 0 Å². The van der Waals surface area contributed by atoms with E-state index in [9.17, 15) is 14.9 Å². The lowest BCUT2D eigenvalue weighted by atomic mass is 9.89. The molecule has 53 heavy (non-hydrogen) atoms. The third kappa shape index (κ3) is 11.7. The Morgan fingerprint density at radius 3 is 2.55 bits per heavy atom. The van der Waals surface area contributed by atoms with E-state index >= 15 is 0 Å². The highest BCUT2D eigenvalue weighted by molar-refractivity contribution is 8.00. The van der Waals surface area contributed by atoms with Crippen LogP contribution in [-0.2, 0) is 34.0 Å². The Kier molecular flexibility index (Phi) is 13.0. The summed E-state index contributed by atoms with van der Waals surface area (Å²) in [5.74, 6) is 0.464. The summed E-state index contributed by atoms with van der Waals surface area (Å²) >= 11 is 1.84. The van der Waals surface area contributed by atoms with Crippen LogP contribution >= 0.6 is 11.8 Å². The summed E-state index contributed by atoms with van der Waals surface area (Å²) in [6.45, 7) is 14.2. The molecule has 0 aliphatic heterocycles. The normalized spacial score (nSPS) is 12.0. The first-order chi connectivity index (χ1) is 25.3. The summed E-state index contributed by atoms with van der Waals surface area (Å²) in [5.41, 5.74) is 6.10. The monoisotopic (exact) mass is 739 g/mol. The van der Waals surface area contributed by atoms with Crippen molar-refractivity contribution >= 4 is 45.7 Å². The second kappa shape index (κ2) is 17.6. The molecule has 0 aliphatic carbocycles. The molecule has 2 aromatic heterocycles. The summed E-state index contributed by atoms with van der Waals surface area (Å²) < 4.78 is 8.70. The number of rotatable bonds is 18. The number of oxime groups is 1. The van der Waals surface area contributed by atoms with E-state index in [0.29, 0.717) is 39.0 Å². The van der Waals surface area contributed by atoms with Crippen molar-refractivity contribution in [3.8, 4) is 5.75 Å². The van der Waals surface area contributed by atoms with E-state index in [0.717, 1.165) is 33.2 Å². The van der Waals surface area contributed by atoms with E-state index in [1.54, 1.807) is 6.21 Å². The number of unbranched alkanes of at least 4 members (excludes halogenated alkanes) is 1. The average Bonchev–Trinajstić information content (AvgIpc) is 3.36. The lowest BCUT2D eigenvalue weighted by Crippen LogP contribution is -2.28. The van der Waals surface area contributed by atoms with Crippen molar-refractivity contribution in [1.29, 1.82) is 0 Å². The van der Waals surface area contributed by atoms with Crippen LogP contribution in [0, 0.1) is 22.5 Å². The van der Waals surface area contributed by atoms with Crippen molar-refractivity contribution < 1.29 is 24.3 Å². The molecule has 3 aromatic carbocycles. The molecule has 1 amide bonds. The number of nitrogens with zero attached hydrogens (tertiary/aromatic N) is 4. The number of hydrogen-bond donors (Lipinski definition) is 1. The molecule has 2 heterocycles. The smallest absolute Gasteiger partial charge is 0.294 e. The minimum atomic E-state index is -0.821. The van der Waals surface area contributed by atoms with Crippen molar-refractivity contribution in [1.82, 2.24) is 14.9 Å². The van der Waals surface area contributed by atoms with Gasteiger partial charge in [-0.2, -0.15) is 0 Å². The number of nitrogens with one attached hydrogen (secondary N) is 1. The number of fused-ring (bicyclic) bond motifs is 2. The molecular weight excluding hydrogens is 691 g/mol. The molecule has 0 radical (unpaired) electrons. The molecule has 0 saturated carbocycles. The van der Waals surface area contributed by atoms with E-state index in [1.807, 2.05) is 42.1 Å². The maximum atomic E-state index is 12.3. The van der Waals surface area contributed by atoms with Crippen LogP contribution in [0.1, 0.15) is 70.0 Å². The summed E-state index contributed by atoms with van der Waals surface area (Å²) in [7, 11) is 0. The van der Waals surface area contributed by atoms with Crippen LogP contribution in [0.4, 0.5) is 0 Å². The molecule has 11 nitrogen and oxygen atoms in total. The van der Waals surface area contributed by atoms with Crippen molar-refractivity contribution in [2.45, 2.75) is 83.6 Å². The predicted octanol–water partition coefficient (Wildman–Crippen LogP) is 8.69. The molecule has 0 unspecified atom stereocenters. The van der Waals surface area contributed by atoms with Gasteiger partial charge in [-0.05, 0) is 62.1 Å². The number of hydrogen-bond acceptors (Lipinski definition) is 9. The largest absolute Gasteiger partial charge is 0.487 e. The fraction of sp³-hybridized carbons (Fsp3) is 0.390. The van der Waals surface area contributed by atoms with E-state index in [-0.39, 0.29) is 23.9 Å². The van der Waals surface area contributed by atoms with Crippen molar-refractivity contribution in [2.24, 2.45) is 10.6 Å². The number of amides is 1. The fourth-order valence-electron chi connectivity index (χ4n) is 5.84. The van der Waals surface area contributed by atoms with E-state index in [1.165, 1.54) is 21.7 Å². The van der Waals surface area contributed by atoms with Crippen LogP contribution in [0.5, 0.6) is 5.75 Å². The van der Waals surface area contributed by atoms with Crippen LogP contribution < -0.4 is 10.1 Å². The molecule has 0 bridgehead atoms. The van der Waals surface area contributed by atoms with Crippen LogP contribution in [0.25, 0.3) is 21.8 Å². The molecule has 0 spiro atoms. The maximum Gasteiger partial charge on any atom is 0.294 e.